The summed E-state index contributed by atoms with van der Waals surface area (Å²) in [6.45, 7) is 3.81. The summed E-state index contributed by atoms with van der Waals surface area (Å²) < 4.78 is 0. The number of amides is 1. The number of phenols is 1. The molecule has 2 heterocycles. The fourth-order valence-electron chi connectivity index (χ4n) is 2.72. The lowest BCUT2D eigenvalue weighted by Crippen LogP contribution is -2.45. The highest BCUT2D eigenvalue weighted by atomic mass is 16.3. The molecule has 0 spiro atoms. The summed E-state index contributed by atoms with van der Waals surface area (Å²) in [4.78, 5) is 23.3. The lowest BCUT2D eigenvalue weighted by molar-refractivity contribution is 0.0988. The second-order valence-electron chi connectivity index (χ2n) is 6.05. The number of carbonyl (C=O) groups excluding carboxylic acids is 1. The molecular weight excluding hydrogens is 304 g/mol. The molecule has 24 heavy (non-hydrogen) atoms. The number of rotatable bonds is 3. The summed E-state index contributed by atoms with van der Waals surface area (Å²) in [5, 5.41) is 9.37. The third-order valence-corrected chi connectivity index (χ3v) is 4.32. The molecule has 3 rings (SSSR count). The maximum Gasteiger partial charge on any atom is 0.276 e. The van der Waals surface area contributed by atoms with E-state index in [1.807, 2.05) is 12.1 Å². The summed E-state index contributed by atoms with van der Waals surface area (Å²) in [5.41, 5.74) is 1.13. The molecule has 0 bridgehead atoms. The van der Waals surface area contributed by atoms with E-state index in [2.05, 4.69) is 21.8 Å². The minimum absolute atomic E-state index is 0.170. The van der Waals surface area contributed by atoms with Crippen LogP contribution in [0.3, 0.4) is 0 Å². The quantitative estimate of drug-likeness (QED) is 0.932. The van der Waals surface area contributed by atoms with Crippen molar-refractivity contribution in [3.8, 4) is 5.75 Å². The number of phenolic OH excluding ortho intramolecular Hbond substituents is 1. The zero-order valence-corrected chi connectivity index (χ0v) is 14.0. The Bertz CT molecular complexity index is 709. The van der Waals surface area contributed by atoms with Gasteiger partial charge in [0.05, 0.1) is 0 Å². The average Bonchev–Trinajstić information content (AvgIpc) is 2.62. The molecule has 0 saturated carbocycles. The minimum Gasteiger partial charge on any atom is -0.508 e. The molecule has 0 aliphatic carbocycles. The number of aromatic nitrogens is 1. The van der Waals surface area contributed by atoms with Crippen LogP contribution in [-0.2, 0) is 0 Å². The molecule has 1 aromatic heterocycles. The van der Waals surface area contributed by atoms with Gasteiger partial charge in [0.1, 0.15) is 17.3 Å². The Morgan fingerprint density at radius 1 is 1.08 bits per heavy atom. The molecule has 1 aliphatic heterocycles. The highest BCUT2D eigenvalue weighted by Crippen LogP contribution is 2.20. The fraction of sp³-hybridized carbons (Fsp3) is 0.333. The monoisotopic (exact) mass is 326 g/mol. The first-order valence-corrected chi connectivity index (χ1v) is 8.02. The highest BCUT2D eigenvalue weighted by Gasteiger charge is 2.19. The van der Waals surface area contributed by atoms with Gasteiger partial charge in [0, 0.05) is 38.9 Å². The van der Waals surface area contributed by atoms with Crippen LogP contribution in [0.15, 0.2) is 42.5 Å². The second kappa shape index (κ2) is 6.88. The molecule has 1 N–H and O–H groups in total. The predicted octanol–water partition coefficient (Wildman–Crippen LogP) is 1.82. The molecule has 1 aliphatic rings. The first kappa shape index (κ1) is 16.3. The van der Waals surface area contributed by atoms with Crippen molar-refractivity contribution >= 4 is 17.4 Å². The topological polar surface area (TPSA) is 59.9 Å². The normalized spacial score (nSPS) is 15.3. The number of anilines is 2. The van der Waals surface area contributed by atoms with Crippen LogP contribution in [0.5, 0.6) is 5.75 Å². The maximum atomic E-state index is 12.7. The van der Waals surface area contributed by atoms with E-state index < -0.39 is 0 Å². The van der Waals surface area contributed by atoms with E-state index in [0.29, 0.717) is 11.4 Å². The largest absolute Gasteiger partial charge is 0.508 e. The van der Waals surface area contributed by atoms with E-state index in [-0.39, 0.29) is 11.7 Å². The van der Waals surface area contributed by atoms with Gasteiger partial charge in [-0.3, -0.25) is 4.79 Å². The number of aromatic hydroxyl groups is 1. The lowest BCUT2D eigenvalue weighted by atomic mass is 10.2. The van der Waals surface area contributed by atoms with Crippen molar-refractivity contribution in [3.05, 3.63) is 48.2 Å². The Labute approximate surface area is 141 Å². The molecule has 1 fully saturated rings. The molecule has 1 saturated heterocycles. The van der Waals surface area contributed by atoms with Gasteiger partial charge in [-0.05, 0) is 43.4 Å². The second-order valence-corrected chi connectivity index (χ2v) is 6.05. The number of nitrogens with zero attached hydrogens (tertiary/aromatic N) is 4. The summed E-state index contributed by atoms with van der Waals surface area (Å²) in [6.07, 6.45) is 0. The first-order chi connectivity index (χ1) is 11.5. The minimum atomic E-state index is -0.170. The first-order valence-electron chi connectivity index (χ1n) is 8.02. The van der Waals surface area contributed by atoms with Crippen LogP contribution in [0.25, 0.3) is 0 Å². The number of carbonyl (C=O) groups is 1. The van der Waals surface area contributed by atoms with Crippen molar-refractivity contribution in [2.75, 3.05) is 50.1 Å². The van der Waals surface area contributed by atoms with E-state index in [9.17, 15) is 9.90 Å². The van der Waals surface area contributed by atoms with Gasteiger partial charge in [-0.15, -0.1) is 0 Å². The maximum absolute atomic E-state index is 12.7. The van der Waals surface area contributed by atoms with Crippen molar-refractivity contribution in [3.63, 3.8) is 0 Å². The van der Waals surface area contributed by atoms with E-state index in [1.54, 1.807) is 37.4 Å². The predicted molar refractivity (Wildman–Crippen MR) is 94.8 cm³/mol. The Balaban J connectivity index is 1.77. The number of likely N-dealkylation sites (N-methyl/N-ethyl adjacent to an activating group) is 1. The Morgan fingerprint density at radius 3 is 2.42 bits per heavy atom. The molecule has 1 amide bonds. The highest BCUT2D eigenvalue weighted by molar-refractivity contribution is 6.04. The average molecular weight is 326 g/mol. The summed E-state index contributed by atoms with van der Waals surface area (Å²) in [5.74, 6) is 0.847. The zero-order valence-electron chi connectivity index (χ0n) is 14.0. The third-order valence-electron chi connectivity index (χ3n) is 4.32. The molecule has 1 aromatic carbocycles. The van der Waals surface area contributed by atoms with Crippen molar-refractivity contribution < 1.29 is 9.90 Å². The van der Waals surface area contributed by atoms with Gasteiger partial charge >= 0.3 is 0 Å². The van der Waals surface area contributed by atoms with Crippen LogP contribution in [0, 0.1) is 0 Å². The zero-order chi connectivity index (χ0) is 17.1. The number of hydrogen-bond acceptors (Lipinski definition) is 5. The standard InChI is InChI=1S/C18H22N4O2/c1-20-10-12-22(13-11-20)17-5-3-4-16(19-17)18(24)21(2)14-6-8-15(23)9-7-14/h3-9,23H,10-13H2,1-2H3. The molecule has 6 heteroatoms. The van der Waals surface area contributed by atoms with Gasteiger partial charge < -0.3 is 19.8 Å². The summed E-state index contributed by atoms with van der Waals surface area (Å²) in [7, 11) is 3.82. The Kier molecular flexibility index (Phi) is 4.66. The Hall–Kier alpha value is -2.60. The third kappa shape index (κ3) is 3.49. The number of piperazine rings is 1. The van der Waals surface area contributed by atoms with E-state index >= 15 is 0 Å². The van der Waals surface area contributed by atoms with Crippen molar-refractivity contribution in [2.45, 2.75) is 0 Å². The van der Waals surface area contributed by atoms with Crippen LogP contribution in [0.1, 0.15) is 10.5 Å². The van der Waals surface area contributed by atoms with E-state index in [4.69, 9.17) is 0 Å². The van der Waals surface area contributed by atoms with Gasteiger partial charge in [0.2, 0.25) is 0 Å². The molecule has 0 unspecified atom stereocenters. The number of benzene rings is 1. The number of pyridine rings is 1. The number of hydrogen-bond donors (Lipinski definition) is 1. The fourth-order valence-corrected chi connectivity index (χ4v) is 2.72. The lowest BCUT2D eigenvalue weighted by Gasteiger charge is -2.33. The van der Waals surface area contributed by atoms with Crippen LogP contribution in [0.4, 0.5) is 11.5 Å². The smallest absolute Gasteiger partial charge is 0.276 e. The van der Waals surface area contributed by atoms with Crippen LogP contribution in [-0.4, -0.2) is 61.2 Å². The molecule has 0 radical (unpaired) electrons. The van der Waals surface area contributed by atoms with Crippen molar-refractivity contribution in [1.82, 2.24) is 9.88 Å². The van der Waals surface area contributed by atoms with Gasteiger partial charge in [-0.25, -0.2) is 4.98 Å². The van der Waals surface area contributed by atoms with Crippen LogP contribution in [0.2, 0.25) is 0 Å². The summed E-state index contributed by atoms with van der Waals surface area (Å²) >= 11 is 0. The van der Waals surface area contributed by atoms with E-state index in [0.717, 1.165) is 32.0 Å². The van der Waals surface area contributed by atoms with Crippen molar-refractivity contribution in [1.29, 1.82) is 0 Å². The Morgan fingerprint density at radius 2 is 1.75 bits per heavy atom. The van der Waals surface area contributed by atoms with E-state index in [1.165, 1.54) is 4.90 Å². The van der Waals surface area contributed by atoms with Crippen LogP contribution < -0.4 is 9.80 Å². The van der Waals surface area contributed by atoms with Crippen molar-refractivity contribution in [2.24, 2.45) is 0 Å². The molecular formula is C18H22N4O2. The molecule has 126 valence electrons. The van der Waals surface area contributed by atoms with Gasteiger partial charge in [-0.1, -0.05) is 6.07 Å². The molecule has 0 atom stereocenters. The molecule has 6 nitrogen and oxygen atoms in total. The molecule has 2 aromatic rings. The van der Waals surface area contributed by atoms with Crippen LogP contribution >= 0.6 is 0 Å². The van der Waals surface area contributed by atoms with Gasteiger partial charge in [0.15, 0.2) is 0 Å². The van der Waals surface area contributed by atoms with Gasteiger partial charge in [-0.2, -0.15) is 0 Å². The SMILES string of the molecule is CN1CCN(c2cccc(C(=O)N(C)c3ccc(O)cc3)n2)CC1. The van der Waals surface area contributed by atoms with Gasteiger partial charge in [0.25, 0.3) is 5.91 Å². The summed E-state index contributed by atoms with van der Waals surface area (Å²) in [6, 6.07) is 12.1.